The van der Waals surface area contributed by atoms with Gasteiger partial charge in [-0.2, -0.15) is 0 Å². The number of halogens is 1. The summed E-state index contributed by atoms with van der Waals surface area (Å²) in [6, 6.07) is 3.65. The SMILES string of the molecule is COc1ccc(-c2nc(C(C)(C)C)sc2N)c(Cl)c1OC. The number of nitrogens with two attached hydrogens (primary N) is 1. The summed E-state index contributed by atoms with van der Waals surface area (Å²) in [5.41, 5.74) is 7.51. The number of hydrogen-bond donors (Lipinski definition) is 1. The van der Waals surface area contributed by atoms with Crippen molar-refractivity contribution in [2.75, 3.05) is 20.0 Å². The van der Waals surface area contributed by atoms with Gasteiger partial charge in [0, 0.05) is 11.0 Å². The highest BCUT2D eigenvalue weighted by Crippen LogP contribution is 2.45. The van der Waals surface area contributed by atoms with Crippen LogP contribution in [0.2, 0.25) is 5.02 Å². The van der Waals surface area contributed by atoms with E-state index in [0.29, 0.717) is 27.2 Å². The maximum atomic E-state index is 6.43. The van der Waals surface area contributed by atoms with Crippen LogP contribution in [-0.4, -0.2) is 19.2 Å². The number of thiazole rings is 1. The van der Waals surface area contributed by atoms with Crippen LogP contribution in [0.3, 0.4) is 0 Å². The molecule has 2 rings (SSSR count). The van der Waals surface area contributed by atoms with Crippen molar-refractivity contribution in [1.29, 1.82) is 0 Å². The fourth-order valence-corrected chi connectivity index (χ4v) is 3.14. The van der Waals surface area contributed by atoms with Gasteiger partial charge in [0.05, 0.1) is 19.2 Å². The van der Waals surface area contributed by atoms with Gasteiger partial charge in [-0.15, -0.1) is 11.3 Å². The molecule has 0 saturated carbocycles. The molecule has 6 heteroatoms. The van der Waals surface area contributed by atoms with E-state index < -0.39 is 0 Å². The molecule has 1 heterocycles. The van der Waals surface area contributed by atoms with Crippen molar-refractivity contribution < 1.29 is 9.47 Å². The minimum absolute atomic E-state index is 0.0555. The van der Waals surface area contributed by atoms with E-state index in [9.17, 15) is 0 Å². The summed E-state index contributed by atoms with van der Waals surface area (Å²) >= 11 is 7.91. The molecule has 1 aromatic heterocycles. The number of ether oxygens (including phenoxy) is 2. The smallest absolute Gasteiger partial charge is 0.180 e. The van der Waals surface area contributed by atoms with Gasteiger partial charge in [0.15, 0.2) is 11.5 Å². The van der Waals surface area contributed by atoms with Gasteiger partial charge in [-0.3, -0.25) is 0 Å². The second-order valence-electron chi connectivity index (χ2n) is 5.64. The largest absolute Gasteiger partial charge is 0.493 e. The van der Waals surface area contributed by atoms with E-state index in [-0.39, 0.29) is 5.41 Å². The summed E-state index contributed by atoms with van der Waals surface area (Å²) in [4.78, 5) is 4.66. The van der Waals surface area contributed by atoms with Gasteiger partial charge < -0.3 is 15.2 Å². The first-order valence-electron chi connectivity index (χ1n) is 6.47. The standard InChI is InChI=1S/C15H19ClN2O2S/c1-15(2,3)14-18-11(13(17)21-14)8-6-7-9(19-4)12(20-5)10(8)16/h6-7H,17H2,1-5H3. The number of rotatable bonds is 3. The molecule has 0 spiro atoms. The lowest BCUT2D eigenvalue weighted by molar-refractivity contribution is 0.355. The molecule has 2 aromatic rings. The van der Waals surface area contributed by atoms with Crippen molar-refractivity contribution in [2.24, 2.45) is 0 Å². The highest BCUT2D eigenvalue weighted by Gasteiger charge is 2.24. The first-order chi connectivity index (χ1) is 9.79. The number of hydrogen-bond acceptors (Lipinski definition) is 5. The van der Waals surface area contributed by atoms with E-state index in [1.54, 1.807) is 20.3 Å². The van der Waals surface area contributed by atoms with Crippen molar-refractivity contribution in [3.8, 4) is 22.8 Å². The lowest BCUT2D eigenvalue weighted by Crippen LogP contribution is -2.10. The summed E-state index contributed by atoms with van der Waals surface area (Å²) < 4.78 is 10.6. The molecule has 0 saturated heterocycles. The van der Waals surface area contributed by atoms with Crippen LogP contribution in [-0.2, 0) is 5.41 Å². The van der Waals surface area contributed by atoms with Crippen LogP contribution in [0.1, 0.15) is 25.8 Å². The normalized spacial score (nSPS) is 11.5. The Labute approximate surface area is 133 Å². The number of nitrogens with zero attached hydrogens (tertiary/aromatic N) is 1. The molecule has 114 valence electrons. The molecule has 0 aliphatic heterocycles. The van der Waals surface area contributed by atoms with Gasteiger partial charge in [-0.05, 0) is 12.1 Å². The third kappa shape index (κ3) is 2.94. The van der Waals surface area contributed by atoms with Gasteiger partial charge in [-0.25, -0.2) is 4.98 Å². The highest BCUT2D eigenvalue weighted by molar-refractivity contribution is 7.16. The number of anilines is 1. The molecule has 0 unspecified atom stereocenters. The summed E-state index contributed by atoms with van der Waals surface area (Å²) in [6.07, 6.45) is 0. The molecule has 4 nitrogen and oxygen atoms in total. The Bertz CT molecular complexity index is 662. The minimum Gasteiger partial charge on any atom is -0.493 e. The number of nitrogen functional groups attached to an aromatic ring is 1. The lowest BCUT2D eigenvalue weighted by atomic mass is 9.98. The summed E-state index contributed by atoms with van der Waals surface area (Å²) in [6.45, 7) is 6.31. The molecular formula is C15H19ClN2O2S. The topological polar surface area (TPSA) is 57.4 Å². The lowest BCUT2D eigenvalue weighted by Gasteiger charge is -2.14. The zero-order chi connectivity index (χ0) is 15.8. The van der Waals surface area contributed by atoms with E-state index in [0.717, 1.165) is 10.6 Å². The molecule has 0 amide bonds. The molecule has 0 radical (unpaired) electrons. The average Bonchev–Trinajstić information content (AvgIpc) is 2.80. The van der Waals surface area contributed by atoms with Crippen LogP contribution in [0.5, 0.6) is 11.5 Å². The average molecular weight is 327 g/mol. The second kappa shape index (κ2) is 5.73. The fraction of sp³-hybridized carbons (Fsp3) is 0.400. The molecule has 21 heavy (non-hydrogen) atoms. The Balaban J connectivity index is 2.60. The monoisotopic (exact) mass is 326 g/mol. The van der Waals surface area contributed by atoms with E-state index >= 15 is 0 Å². The molecule has 0 fully saturated rings. The van der Waals surface area contributed by atoms with Crippen molar-refractivity contribution in [3.05, 3.63) is 22.2 Å². The van der Waals surface area contributed by atoms with Gasteiger partial charge in [0.1, 0.15) is 15.7 Å². The summed E-state index contributed by atoms with van der Waals surface area (Å²) in [7, 11) is 3.13. The van der Waals surface area contributed by atoms with Crippen molar-refractivity contribution in [2.45, 2.75) is 26.2 Å². The Hall–Kier alpha value is -1.46. The third-order valence-corrected chi connectivity index (χ3v) is 4.72. The third-order valence-electron chi connectivity index (χ3n) is 3.04. The number of aromatic nitrogens is 1. The first kappa shape index (κ1) is 15.9. The molecule has 0 aliphatic rings. The molecular weight excluding hydrogens is 308 g/mol. The fourth-order valence-electron chi connectivity index (χ4n) is 1.92. The van der Waals surface area contributed by atoms with Crippen molar-refractivity contribution in [1.82, 2.24) is 4.98 Å². The Morgan fingerprint density at radius 3 is 2.33 bits per heavy atom. The molecule has 2 N–H and O–H groups in total. The van der Waals surface area contributed by atoms with Crippen LogP contribution in [0.4, 0.5) is 5.00 Å². The highest BCUT2D eigenvalue weighted by atomic mass is 35.5. The molecule has 0 aliphatic carbocycles. The van der Waals surface area contributed by atoms with Crippen molar-refractivity contribution >= 4 is 27.9 Å². The maximum absolute atomic E-state index is 6.43. The quantitative estimate of drug-likeness (QED) is 0.910. The van der Waals surface area contributed by atoms with Gasteiger partial charge in [0.2, 0.25) is 0 Å². The van der Waals surface area contributed by atoms with Crippen LogP contribution in [0.25, 0.3) is 11.3 Å². The van der Waals surface area contributed by atoms with E-state index in [4.69, 9.17) is 26.8 Å². The van der Waals surface area contributed by atoms with Crippen LogP contribution in [0.15, 0.2) is 12.1 Å². The van der Waals surface area contributed by atoms with Crippen LogP contribution in [0, 0.1) is 0 Å². The predicted octanol–water partition coefficient (Wildman–Crippen LogP) is 4.36. The zero-order valence-corrected chi connectivity index (χ0v) is 14.4. The van der Waals surface area contributed by atoms with E-state index in [1.807, 2.05) is 6.07 Å². The van der Waals surface area contributed by atoms with Gasteiger partial charge in [0.25, 0.3) is 0 Å². The summed E-state index contributed by atoms with van der Waals surface area (Å²) in [5.74, 6) is 1.07. The number of methoxy groups -OCH3 is 2. The van der Waals surface area contributed by atoms with Crippen LogP contribution >= 0.6 is 22.9 Å². The number of benzene rings is 1. The molecule has 0 bridgehead atoms. The predicted molar refractivity (Wildman–Crippen MR) is 88.8 cm³/mol. The maximum Gasteiger partial charge on any atom is 0.180 e. The van der Waals surface area contributed by atoms with Crippen molar-refractivity contribution in [3.63, 3.8) is 0 Å². The van der Waals surface area contributed by atoms with Gasteiger partial charge in [-0.1, -0.05) is 32.4 Å². The minimum atomic E-state index is -0.0555. The Morgan fingerprint density at radius 2 is 1.86 bits per heavy atom. The second-order valence-corrected chi connectivity index (χ2v) is 7.05. The zero-order valence-electron chi connectivity index (χ0n) is 12.8. The van der Waals surface area contributed by atoms with Crippen LogP contribution < -0.4 is 15.2 Å². The van der Waals surface area contributed by atoms with Gasteiger partial charge >= 0.3 is 0 Å². The first-order valence-corrected chi connectivity index (χ1v) is 7.66. The molecule has 1 aromatic carbocycles. The van der Waals surface area contributed by atoms with E-state index in [2.05, 4.69) is 25.8 Å². The van der Waals surface area contributed by atoms with E-state index in [1.165, 1.54) is 11.3 Å². The Kier molecular flexibility index (Phi) is 4.35. The summed E-state index contributed by atoms with van der Waals surface area (Å²) in [5, 5.41) is 2.07. The Morgan fingerprint density at radius 1 is 1.19 bits per heavy atom. The molecule has 0 atom stereocenters.